The second kappa shape index (κ2) is 5.72. The highest BCUT2D eigenvalue weighted by Crippen LogP contribution is 2.20. The largest absolute Gasteiger partial charge is 0.312 e. The fourth-order valence-electron chi connectivity index (χ4n) is 2.44. The molecule has 0 aliphatic carbocycles. The average molecular weight is 272 g/mol. The maximum absolute atomic E-state index is 12.4. The van der Waals surface area contributed by atoms with Crippen LogP contribution in [0.3, 0.4) is 0 Å². The zero-order valence-corrected chi connectivity index (χ0v) is 11.5. The van der Waals surface area contributed by atoms with Crippen LogP contribution in [-0.4, -0.2) is 34.9 Å². The number of pyridine rings is 1. The van der Waals surface area contributed by atoms with Crippen molar-refractivity contribution in [2.24, 2.45) is 0 Å². The van der Waals surface area contributed by atoms with Gasteiger partial charge in [-0.05, 0) is 11.5 Å². The van der Waals surface area contributed by atoms with E-state index in [-0.39, 0.29) is 5.78 Å². The Labute approximate surface area is 116 Å². The number of Topliss-reactive ketones (excluding diaryl/α,β-unsaturated/α-hetero) is 1. The van der Waals surface area contributed by atoms with Gasteiger partial charge in [0.15, 0.2) is 5.78 Å². The van der Waals surface area contributed by atoms with Crippen molar-refractivity contribution in [1.82, 2.24) is 10.3 Å². The number of rotatable bonds is 3. The number of thioether (sulfide) groups is 1. The Morgan fingerprint density at radius 1 is 1.42 bits per heavy atom. The zero-order valence-electron chi connectivity index (χ0n) is 10.6. The van der Waals surface area contributed by atoms with E-state index in [1.165, 1.54) is 0 Å². The average Bonchev–Trinajstić information content (AvgIpc) is 2.47. The molecule has 0 amide bonds. The topological polar surface area (TPSA) is 42.0 Å². The summed E-state index contributed by atoms with van der Waals surface area (Å²) in [5, 5.41) is 5.44. The van der Waals surface area contributed by atoms with E-state index < -0.39 is 0 Å². The second-order valence-electron chi connectivity index (χ2n) is 4.76. The van der Waals surface area contributed by atoms with Crippen LogP contribution in [0, 0.1) is 0 Å². The molecular formula is C15H16N2OS. The molecule has 1 aliphatic heterocycles. The maximum Gasteiger partial charge on any atom is 0.165 e. The van der Waals surface area contributed by atoms with E-state index in [4.69, 9.17) is 0 Å². The number of nitrogens with one attached hydrogen (secondary N) is 1. The summed E-state index contributed by atoms with van der Waals surface area (Å²) in [6.07, 6.45) is 4.11. The molecule has 1 aliphatic rings. The normalized spacial score (nSPS) is 19.5. The van der Waals surface area contributed by atoms with Crippen molar-refractivity contribution >= 4 is 28.3 Å². The van der Waals surface area contributed by atoms with Crippen LogP contribution in [0.4, 0.5) is 0 Å². The number of carbonyl (C=O) groups excluding carboxylic acids is 1. The standard InChI is InChI=1S/C15H16N2OS/c18-15(8-12-10-19-7-6-17-12)13-3-1-2-11-4-5-16-9-14(11)13/h1-5,9,12,17H,6-8,10H2. The van der Waals surface area contributed by atoms with Crippen LogP contribution in [0.2, 0.25) is 0 Å². The lowest BCUT2D eigenvalue weighted by Crippen LogP contribution is -2.38. The molecule has 1 aromatic carbocycles. The highest BCUT2D eigenvalue weighted by molar-refractivity contribution is 7.99. The molecular weight excluding hydrogens is 256 g/mol. The minimum atomic E-state index is 0.207. The molecule has 0 saturated carbocycles. The molecule has 0 bridgehead atoms. The number of benzene rings is 1. The van der Waals surface area contributed by atoms with E-state index >= 15 is 0 Å². The third kappa shape index (κ3) is 2.80. The molecule has 2 aromatic rings. The van der Waals surface area contributed by atoms with Crippen LogP contribution in [0.15, 0.2) is 36.7 Å². The maximum atomic E-state index is 12.4. The predicted molar refractivity (Wildman–Crippen MR) is 79.8 cm³/mol. The summed E-state index contributed by atoms with van der Waals surface area (Å²) in [7, 11) is 0. The highest BCUT2D eigenvalue weighted by Gasteiger charge is 2.18. The van der Waals surface area contributed by atoms with Gasteiger partial charge in [0.1, 0.15) is 0 Å². The Balaban J connectivity index is 1.85. The summed E-state index contributed by atoms with van der Waals surface area (Å²) in [6.45, 7) is 1.000. The Hall–Kier alpha value is -1.39. The lowest BCUT2D eigenvalue weighted by molar-refractivity contribution is 0.0973. The lowest BCUT2D eigenvalue weighted by Gasteiger charge is -2.22. The molecule has 1 unspecified atom stereocenters. The monoisotopic (exact) mass is 272 g/mol. The number of aromatic nitrogens is 1. The quantitative estimate of drug-likeness (QED) is 0.872. The van der Waals surface area contributed by atoms with Crippen molar-refractivity contribution in [3.05, 3.63) is 42.2 Å². The fourth-order valence-corrected chi connectivity index (χ4v) is 3.39. The van der Waals surface area contributed by atoms with E-state index in [0.29, 0.717) is 12.5 Å². The Kier molecular flexibility index (Phi) is 3.80. The number of hydrogen-bond donors (Lipinski definition) is 1. The highest BCUT2D eigenvalue weighted by atomic mass is 32.2. The summed E-state index contributed by atoms with van der Waals surface area (Å²) in [5.41, 5.74) is 0.794. The van der Waals surface area contributed by atoms with Gasteiger partial charge in [-0.25, -0.2) is 0 Å². The Morgan fingerprint density at radius 2 is 2.37 bits per heavy atom. The molecule has 3 rings (SSSR count). The number of carbonyl (C=O) groups is 1. The van der Waals surface area contributed by atoms with E-state index in [1.54, 1.807) is 12.4 Å². The predicted octanol–water partition coefficient (Wildman–Crippen LogP) is 2.51. The molecule has 2 heterocycles. The van der Waals surface area contributed by atoms with Crippen molar-refractivity contribution in [3.63, 3.8) is 0 Å². The molecule has 19 heavy (non-hydrogen) atoms. The number of ketones is 1. The van der Waals surface area contributed by atoms with Gasteiger partial charge < -0.3 is 5.32 Å². The third-order valence-electron chi connectivity index (χ3n) is 3.41. The fraction of sp³-hybridized carbons (Fsp3) is 0.333. The van der Waals surface area contributed by atoms with Gasteiger partial charge in [0.2, 0.25) is 0 Å². The van der Waals surface area contributed by atoms with Crippen molar-refractivity contribution in [2.45, 2.75) is 12.5 Å². The van der Waals surface area contributed by atoms with E-state index in [1.807, 2.05) is 36.0 Å². The Morgan fingerprint density at radius 3 is 3.21 bits per heavy atom. The van der Waals surface area contributed by atoms with Crippen LogP contribution < -0.4 is 5.32 Å². The first kappa shape index (κ1) is 12.6. The van der Waals surface area contributed by atoms with Gasteiger partial charge in [-0.1, -0.05) is 18.2 Å². The van der Waals surface area contributed by atoms with Crippen molar-refractivity contribution in [1.29, 1.82) is 0 Å². The van der Waals surface area contributed by atoms with E-state index in [2.05, 4.69) is 10.3 Å². The molecule has 1 atom stereocenters. The molecule has 1 N–H and O–H groups in total. The minimum absolute atomic E-state index is 0.207. The first-order valence-corrected chi connectivity index (χ1v) is 7.67. The summed E-state index contributed by atoms with van der Waals surface area (Å²) in [5.74, 6) is 2.37. The van der Waals surface area contributed by atoms with Gasteiger partial charge in [0.05, 0.1) is 0 Å². The molecule has 4 heteroatoms. The van der Waals surface area contributed by atoms with Gasteiger partial charge >= 0.3 is 0 Å². The van der Waals surface area contributed by atoms with Crippen LogP contribution in [0.5, 0.6) is 0 Å². The summed E-state index contributed by atoms with van der Waals surface area (Å²) >= 11 is 1.92. The number of hydrogen-bond acceptors (Lipinski definition) is 4. The molecule has 98 valence electrons. The van der Waals surface area contributed by atoms with Crippen molar-refractivity contribution in [3.8, 4) is 0 Å². The molecule has 0 spiro atoms. The van der Waals surface area contributed by atoms with Gasteiger partial charge in [-0.2, -0.15) is 11.8 Å². The second-order valence-corrected chi connectivity index (χ2v) is 5.91. The molecule has 3 nitrogen and oxygen atoms in total. The van der Waals surface area contributed by atoms with Gasteiger partial charge in [-0.3, -0.25) is 9.78 Å². The van der Waals surface area contributed by atoms with Crippen molar-refractivity contribution < 1.29 is 4.79 Å². The smallest absolute Gasteiger partial charge is 0.165 e. The van der Waals surface area contributed by atoms with E-state index in [0.717, 1.165) is 34.4 Å². The van der Waals surface area contributed by atoms with Gasteiger partial charge in [0.25, 0.3) is 0 Å². The van der Waals surface area contributed by atoms with Crippen LogP contribution >= 0.6 is 11.8 Å². The molecule has 0 radical (unpaired) electrons. The Bertz CT molecular complexity index is 588. The summed E-state index contributed by atoms with van der Waals surface area (Å²) in [6, 6.07) is 8.11. The molecule has 1 fully saturated rings. The summed E-state index contributed by atoms with van der Waals surface area (Å²) in [4.78, 5) is 16.6. The zero-order chi connectivity index (χ0) is 13.1. The van der Waals surface area contributed by atoms with Crippen LogP contribution in [-0.2, 0) is 0 Å². The first-order chi connectivity index (χ1) is 9.34. The molecule has 1 aromatic heterocycles. The van der Waals surface area contributed by atoms with E-state index in [9.17, 15) is 4.79 Å². The van der Waals surface area contributed by atoms with Crippen molar-refractivity contribution in [2.75, 3.05) is 18.1 Å². The van der Waals surface area contributed by atoms with Gasteiger partial charge in [-0.15, -0.1) is 0 Å². The first-order valence-electron chi connectivity index (χ1n) is 6.51. The van der Waals surface area contributed by atoms with Crippen LogP contribution in [0.1, 0.15) is 16.8 Å². The lowest BCUT2D eigenvalue weighted by atomic mass is 9.99. The number of nitrogens with zero attached hydrogens (tertiary/aromatic N) is 1. The van der Waals surface area contributed by atoms with Crippen LogP contribution in [0.25, 0.3) is 10.8 Å². The SMILES string of the molecule is O=C(CC1CSCCN1)c1cccc2ccncc12. The molecule has 1 saturated heterocycles. The minimum Gasteiger partial charge on any atom is -0.312 e. The van der Waals surface area contributed by atoms with Gasteiger partial charge in [0, 0.05) is 53.9 Å². The third-order valence-corrected chi connectivity index (χ3v) is 4.55. The summed E-state index contributed by atoms with van der Waals surface area (Å²) < 4.78 is 0. The number of fused-ring (bicyclic) bond motifs is 1.